The van der Waals surface area contributed by atoms with Crippen molar-refractivity contribution in [1.29, 1.82) is 0 Å². The molecule has 0 saturated carbocycles. The number of H-pyrrole nitrogens is 1. The second-order valence-electron chi connectivity index (χ2n) is 6.31. The van der Waals surface area contributed by atoms with Gasteiger partial charge < -0.3 is 9.47 Å². The van der Waals surface area contributed by atoms with Crippen LogP contribution >= 0.6 is 12.2 Å². The standard InChI is InChI=1S/C22H19N5O2S/c1-28-20-13-17(10-11-19(20)29-15-16-7-3-2-4-8-16)14-24-27-21(25-26-22(27)30)18-9-5-6-12-23-18/h2-14H,15H2,1H3,(H,26,30)/b24-14+. The number of ether oxygens (including phenoxy) is 2. The molecule has 0 radical (unpaired) electrons. The molecule has 0 aliphatic heterocycles. The third kappa shape index (κ3) is 4.44. The van der Waals surface area contributed by atoms with Gasteiger partial charge in [0.2, 0.25) is 10.6 Å². The summed E-state index contributed by atoms with van der Waals surface area (Å²) in [6.07, 6.45) is 3.38. The molecular formula is C22H19N5O2S. The third-order valence-electron chi connectivity index (χ3n) is 4.29. The van der Waals surface area contributed by atoms with Crippen molar-refractivity contribution in [2.45, 2.75) is 6.61 Å². The summed E-state index contributed by atoms with van der Waals surface area (Å²) in [7, 11) is 1.61. The summed E-state index contributed by atoms with van der Waals surface area (Å²) in [5.74, 6) is 1.81. The Morgan fingerprint density at radius 3 is 2.67 bits per heavy atom. The fraction of sp³-hybridized carbons (Fsp3) is 0.0909. The topological polar surface area (TPSA) is 77.3 Å². The van der Waals surface area contributed by atoms with Crippen molar-refractivity contribution in [2.75, 3.05) is 7.11 Å². The number of nitrogens with zero attached hydrogens (tertiary/aromatic N) is 4. The van der Waals surface area contributed by atoms with Crippen LogP contribution in [0.2, 0.25) is 0 Å². The van der Waals surface area contributed by atoms with E-state index in [1.807, 2.05) is 66.7 Å². The van der Waals surface area contributed by atoms with Crippen LogP contribution in [0.5, 0.6) is 11.5 Å². The highest BCUT2D eigenvalue weighted by Crippen LogP contribution is 2.28. The van der Waals surface area contributed by atoms with Crippen LogP contribution in [0.3, 0.4) is 0 Å². The summed E-state index contributed by atoms with van der Waals surface area (Å²) in [6.45, 7) is 0.461. The van der Waals surface area contributed by atoms with Gasteiger partial charge in [0.1, 0.15) is 12.3 Å². The van der Waals surface area contributed by atoms with E-state index in [-0.39, 0.29) is 0 Å². The highest BCUT2D eigenvalue weighted by Gasteiger charge is 2.09. The number of pyridine rings is 1. The predicted molar refractivity (Wildman–Crippen MR) is 117 cm³/mol. The Kier molecular flexibility index (Phi) is 5.95. The van der Waals surface area contributed by atoms with Crippen LogP contribution in [-0.4, -0.2) is 33.2 Å². The Bertz CT molecular complexity index is 1200. The zero-order valence-corrected chi connectivity index (χ0v) is 17.0. The van der Waals surface area contributed by atoms with E-state index < -0.39 is 0 Å². The van der Waals surface area contributed by atoms with E-state index in [9.17, 15) is 0 Å². The maximum atomic E-state index is 5.90. The van der Waals surface area contributed by atoms with Crippen molar-refractivity contribution in [2.24, 2.45) is 5.10 Å². The molecule has 0 bridgehead atoms. The van der Waals surface area contributed by atoms with Crippen LogP contribution in [-0.2, 0) is 6.61 Å². The highest BCUT2D eigenvalue weighted by molar-refractivity contribution is 7.71. The van der Waals surface area contributed by atoms with Gasteiger partial charge in [-0.2, -0.15) is 14.9 Å². The smallest absolute Gasteiger partial charge is 0.216 e. The fourth-order valence-corrected chi connectivity index (χ4v) is 2.98. The normalized spacial score (nSPS) is 11.0. The Balaban J connectivity index is 1.55. The third-order valence-corrected chi connectivity index (χ3v) is 4.56. The average molecular weight is 417 g/mol. The number of methoxy groups -OCH3 is 1. The first-order valence-electron chi connectivity index (χ1n) is 9.22. The molecule has 7 nitrogen and oxygen atoms in total. The van der Waals surface area contributed by atoms with Crippen molar-refractivity contribution in [3.8, 4) is 23.0 Å². The van der Waals surface area contributed by atoms with Gasteiger partial charge >= 0.3 is 0 Å². The molecule has 2 aromatic carbocycles. The second kappa shape index (κ2) is 9.15. The number of rotatable bonds is 7. The zero-order chi connectivity index (χ0) is 20.8. The van der Waals surface area contributed by atoms with E-state index >= 15 is 0 Å². The molecule has 2 heterocycles. The largest absolute Gasteiger partial charge is 0.493 e. The van der Waals surface area contributed by atoms with Gasteiger partial charge in [-0.05, 0) is 53.7 Å². The second-order valence-corrected chi connectivity index (χ2v) is 6.69. The molecule has 0 atom stereocenters. The maximum absolute atomic E-state index is 5.90. The number of hydrogen-bond donors (Lipinski definition) is 1. The summed E-state index contributed by atoms with van der Waals surface area (Å²) in [4.78, 5) is 4.30. The van der Waals surface area contributed by atoms with Gasteiger partial charge in [0.15, 0.2) is 11.5 Å². The summed E-state index contributed by atoms with van der Waals surface area (Å²) < 4.78 is 13.3. The Hall–Kier alpha value is -3.78. The van der Waals surface area contributed by atoms with Crippen LogP contribution in [0.15, 0.2) is 78.0 Å². The molecule has 0 aliphatic rings. The van der Waals surface area contributed by atoms with Crippen LogP contribution in [0.4, 0.5) is 0 Å². The minimum Gasteiger partial charge on any atom is -0.493 e. The van der Waals surface area contributed by atoms with Crippen molar-refractivity contribution in [3.05, 3.63) is 88.8 Å². The molecule has 150 valence electrons. The molecule has 4 rings (SSSR count). The van der Waals surface area contributed by atoms with Crippen molar-refractivity contribution in [3.63, 3.8) is 0 Å². The minimum absolute atomic E-state index is 0.377. The highest BCUT2D eigenvalue weighted by atomic mass is 32.1. The molecule has 8 heteroatoms. The van der Waals surface area contributed by atoms with E-state index in [0.29, 0.717) is 34.4 Å². The number of aromatic nitrogens is 4. The monoisotopic (exact) mass is 417 g/mol. The molecule has 0 saturated heterocycles. The SMILES string of the molecule is COc1cc(/C=N/n2c(-c3ccccn3)n[nH]c2=S)ccc1OCc1ccccc1. The van der Waals surface area contributed by atoms with Crippen LogP contribution < -0.4 is 9.47 Å². The summed E-state index contributed by atoms with van der Waals surface area (Å²) in [5.41, 5.74) is 2.58. The molecule has 0 amide bonds. The Labute approximate surface area is 178 Å². The summed E-state index contributed by atoms with van der Waals surface area (Å²) in [5, 5.41) is 11.4. The fourth-order valence-electron chi connectivity index (χ4n) is 2.80. The molecule has 0 aliphatic carbocycles. The Morgan fingerprint density at radius 2 is 1.90 bits per heavy atom. The molecule has 0 spiro atoms. The van der Waals surface area contributed by atoms with Gasteiger partial charge in [0.25, 0.3) is 0 Å². The lowest BCUT2D eigenvalue weighted by molar-refractivity contribution is 0.284. The molecular weight excluding hydrogens is 398 g/mol. The van der Waals surface area contributed by atoms with Gasteiger partial charge in [-0.1, -0.05) is 36.4 Å². The number of nitrogens with one attached hydrogen (secondary N) is 1. The molecule has 2 aromatic heterocycles. The van der Waals surface area contributed by atoms with Gasteiger partial charge in [-0.25, -0.2) is 5.10 Å². The van der Waals surface area contributed by atoms with Crippen molar-refractivity contribution >= 4 is 18.4 Å². The van der Waals surface area contributed by atoms with Crippen molar-refractivity contribution < 1.29 is 9.47 Å². The van der Waals surface area contributed by atoms with E-state index in [4.69, 9.17) is 21.7 Å². The van der Waals surface area contributed by atoms with E-state index in [2.05, 4.69) is 20.3 Å². The van der Waals surface area contributed by atoms with E-state index in [1.165, 1.54) is 4.68 Å². The minimum atomic E-state index is 0.377. The van der Waals surface area contributed by atoms with Crippen molar-refractivity contribution in [1.82, 2.24) is 19.9 Å². The summed E-state index contributed by atoms with van der Waals surface area (Å²) in [6, 6.07) is 21.2. The number of hydrogen-bond acceptors (Lipinski definition) is 6. The van der Waals surface area contributed by atoms with Crippen LogP contribution in [0.1, 0.15) is 11.1 Å². The van der Waals surface area contributed by atoms with E-state index in [0.717, 1.165) is 11.1 Å². The quantitative estimate of drug-likeness (QED) is 0.355. The molecule has 0 fully saturated rings. The van der Waals surface area contributed by atoms with Gasteiger partial charge in [0.05, 0.1) is 13.3 Å². The first kappa shape index (κ1) is 19.5. The van der Waals surface area contributed by atoms with Gasteiger partial charge in [-0.15, -0.1) is 0 Å². The summed E-state index contributed by atoms with van der Waals surface area (Å²) >= 11 is 5.30. The lowest BCUT2D eigenvalue weighted by atomic mass is 10.2. The zero-order valence-electron chi connectivity index (χ0n) is 16.2. The first-order valence-corrected chi connectivity index (χ1v) is 9.63. The average Bonchev–Trinajstić information content (AvgIpc) is 3.18. The predicted octanol–water partition coefficient (Wildman–Crippen LogP) is 4.47. The van der Waals surface area contributed by atoms with Crippen LogP contribution in [0.25, 0.3) is 11.5 Å². The van der Waals surface area contributed by atoms with Gasteiger partial charge in [-0.3, -0.25) is 4.98 Å². The lowest BCUT2D eigenvalue weighted by Gasteiger charge is -2.11. The molecule has 4 aromatic rings. The van der Waals surface area contributed by atoms with Gasteiger partial charge in [0, 0.05) is 6.20 Å². The number of benzene rings is 2. The molecule has 0 unspecified atom stereocenters. The maximum Gasteiger partial charge on any atom is 0.216 e. The van der Waals surface area contributed by atoms with E-state index in [1.54, 1.807) is 19.5 Å². The number of aromatic amines is 1. The Morgan fingerprint density at radius 1 is 1.07 bits per heavy atom. The van der Waals surface area contributed by atoms with Crippen LogP contribution in [0, 0.1) is 4.77 Å². The first-order chi connectivity index (χ1) is 14.7. The molecule has 30 heavy (non-hydrogen) atoms. The molecule has 1 N–H and O–H groups in total. The lowest BCUT2D eigenvalue weighted by Crippen LogP contribution is -1.99.